The van der Waals surface area contributed by atoms with Crippen LogP contribution >= 0.6 is 0 Å². The highest BCUT2D eigenvalue weighted by molar-refractivity contribution is 5.67. The van der Waals surface area contributed by atoms with E-state index in [-0.39, 0.29) is 12.3 Å². The third-order valence-electron chi connectivity index (χ3n) is 4.06. The third kappa shape index (κ3) is 2.14. The average molecular weight is 250 g/mol. The van der Waals surface area contributed by atoms with E-state index in [2.05, 4.69) is 10.2 Å². The molecule has 0 amide bonds. The normalized spacial score (nSPS) is 27.1. The van der Waals surface area contributed by atoms with Crippen molar-refractivity contribution < 1.29 is 14.6 Å². The van der Waals surface area contributed by atoms with Gasteiger partial charge in [0.15, 0.2) is 0 Å². The summed E-state index contributed by atoms with van der Waals surface area (Å²) < 4.78 is 5.41. The first-order valence-corrected chi connectivity index (χ1v) is 6.59. The predicted molar refractivity (Wildman–Crippen MR) is 64.5 cm³/mol. The van der Waals surface area contributed by atoms with Crippen molar-refractivity contribution in [2.75, 3.05) is 13.2 Å². The Hall–Kier alpha value is -1.36. The van der Waals surface area contributed by atoms with Crippen LogP contribution in [0.2, 0.25) is 0 Å². The standard InChI is InChI=1S/C13H18N2O3/c16-12(17)6-8-1-2-10-11(5-8)14-15-13(10)9-3-4-18-7-9/h8-9H,1-7H2,(H,14,15)(H,16,17). The summed E-state index contributed by atoms with van der Waals surface area (Å²) in [5, 5.41) is 16.4. The quantitative estimate of drug-likeness (QED) is 0.852. The molecule has 2 N–H and O–H groups in total. The molecule has 2 atom stereocenters. The van der Waals surface area contributed by atoms with Gasteiger partial charge in [-0.25, -0.2) is 0 Å². The number of H-pyrrole nitrogens is 1. The fraction of sp³-hybridized carbons (Fsp3) is 0.692. The lowest BCUT2D eigenvalue weighted by Gasteiger charge is -2.21. The van der Waals surface area contributed by atoms with Crippen LogP contribution in [0.5, 0.6) is 0 Å². The van der Waals surface area contributed by atoms with E-state index in [4.69, 9.17) is 9.84 Å². The van der Waals surface area contributed by atoms with Crippen molar-refractivity contribution in [3.8, 4) is 0 Å². The minimum atomic E-state index is -0.701. The molecule has 5 heteroatoms. The lowest BCUT2D eigenvalue weighted by molar-refractivity contribution is -0.138. The molecule has 0 spiro atoms. The Bertz CT molecular complexity index is 449. The van der Waals surface area contributed by atoms with Gasteiger partial charge in [0, 0.05) is 24.6 Å². The Balaban J connectivity index is 1.75. The van der Waals surface area contributed by atoms with E-state index in [1.165, 1.54) is 5.56 Å². The summed E-state index contributed by atoms with van der Waals surface area (Å²) in [5.41, 5.74) is 3.64. The summed E-state index contributed by atoms with van der Waals surface area (Å²) >= 11 is 0. The van der Waals surface area contributed by atoms with Crippen molar-refractivity contribution in [1.29, 1.82) is 0 Å². The van der Waals surface area contributed by atoms with Crippen molar-refractivity contribution in [3.05, 3.63) is 17.0 Å². The molecule has 98 valence electrons. The molecule has 1 aromatic heterocycles. The van der Waals surface area contributed by atoms with E-state index >= 15 is 0 Å². The monoisotopic (exact) mass is 250 g/mol. The van der Waals surface area contributed by atoms with E-state index < -0.39 is 5.97 Å². The number of aromatic amines is 1. The molecule has 18 heavy (non-hydrogen) atoms. The maximum Gasteiger partial charge on any atom is 0.303 e. The highest BCUT2D eigenvalue weighted by Crippen LogP contribution is 2.34. The molecule has 1 fully saturated rings. The molecule has 0 bridgehead atoms. The summed E-state index contributed by atoms with van der Waals surface area (Å²) in [4.78, 5) is 10.8. The zero-order valence-corrected chi connectivity index (χ0v) is 10.3. The molecule has 0 saturated carbocycles. The molecule has 5 nitrogen and oxygen atoms in total. The van der Waals surface area contributed by atoms with E-state index in [1.54, 1.807) is 0 Å². The van der Waals surface area contributed by atoms with Crippen molar-refractivity contribution in [1.82, 2.24) is 10.2 Å². The van der Waals surface area contributed by atoms with Crippen LogP contribution in [-0.2, 0) is 22.4 Å². The molecule has 3 rings (SSSR count). The largest absolute Gasteiger partial charge is 0.481 e. The van der Waals surface area contributed by atoms with Crippen molar-refractivity contribution in [2.24, 2.45) is 5.92 Å². The van der Waals surface area contributed by atoms with Crippen LogP contribution in [0.3, 0.4) is 0 Å². The number of carbonyl (C=O) groups is 1. The number of aromatic nitrogens is 2. The summed E-state index contributed by atoms with van der Waals surface area (Å²) in [6.45, 7) is 1.60. The number of fused-ring (bicyclic) bond motifs is 1. The zero-order chi connectivity index (χ0) is 12.5. The number of carboxylic acid groups (broad SMARTS) is 1. The number of hydrogen-bond acceptors (Lipinski definition) is 3. The van der Waals surface area contributed by atoms with E-state index in [0.29, 0.717) is 5.92 Å². The topological polar surface area (TPSA) is 75.2 Å². The van der Waals surface area contributed by atoms with Crippen LogP contribution in [0.15, 0.2) is 0 Å². The first-order valence-electron chi connectivity index (χ1n) is 6.59. The molecule has 1 aliphatic carbocycles. The summed E-state index contributed by atoms with van der Waals surface area (Å²) in [6, 6.07) is 0. The van der Waals surface area contributed by atoms with Crippen LogP contribution in [0, 0.1) is 5.92 Å². The molecule has 2 heterocycles. The highest BCUT2D eigenvalue weighted by Gasteiger charge is 2.29. The fourth-order valence-electron chi connectivity index (χ4n) is 3.11. The van der Waals surface area contributed by atoms with Crippen molar-refractivity contribution in [2.45, 2.75) is 38.0 Å². The molecular formula is C13H18N2O3. The summed E-state index contributed by atoms with van der Waals surface area (Å²) in [6.07, 6.45) is 4.05. The lowest BCUT2D eigenvalue weighted by Crippen LogP contribution is -2.18. The minimum absolute atomic E-state index is 0.253. The number of nitrogens with zero attached hydrogens (tertiary/aromatic N) is 1. The van der Waals surface area contributed by atoms with Crippen LogP contribution < -0.4 is 0 Å². The molecule has 0 aromatic carbocycles. The molecule has 1 saturated heterocycles. The molecular weight excluding hydrogens is 232 g/mol. The van der Waals surface area contributed by atoms with Gasteiger partial charge in [0.1, 0.15) is 0 Å². The van der Waals surface area contributed by atoms with E-state index in [1.807, 2.05) is 0 Å². The molecule has 1 aliphatic heterocycles. The fourth-order valence-corrected chi connectivity index (χ4v) is 3.11. The second-order valence-electron chi connectivity index (χ2n) is 5.33. The van der Waals surface area contributed by atoms with Crippen molar-refractivity contribution >= 4 is 5.97 Å². The lowest BCUT2D eigenvalue weighted by atomic mass is 9.83. The first-order chi connectivity index (χ1) is 8.74. The Labute approximate surface area is 106 Å². The van der Waals surface area contributed by atoms with Gasteiger partial charge in [-0.15, -0.1) is 0 Å². The average Bonchev–Trinajstić information content (AvgIpc) is 2.94. The second kappa shape index (κ2) is 4.72. The van der Waals surface area contributed by atoms with Gasteiger partial charge in [0.25, 0.3) is 0 Å². The number of carboxylic acids is 1. The number of ether oxygens (including phenoxy) is 1. The van der Waals surface area contributed by atoms with Gasteiger partial charge < -0.3 is 9.84 Å². The molecule has 1 aromatic rings. The molecule has 0 radical (unpaired) electrons. The summed E-state index contributed by atoms with van der Waals surface area (Å²) in [7, 11) is 0. The molecule has 2 unspecified atom stereocenters. The van der Waals surface area contributed by atoms with Gasteiger partial charge in [0.05, 0.1) is 12.3 Å². The van der Waals surface area contributed by atoms with Crippen LogP contribution in [-0.4, -0.2) is 34.5 Å². The van der Waals surface area contributed by atoms with Gasteiger partial charge in [0.2, 0.25) is 0 Å². The Morgan fingerprint density at radius 3 is 3.11 bits per heavy atom. The smallest absolute Gasteiger partial charge is 0.303 e. The third-order valence-corrected chi connectivity index (χ3v) is 4.06. The molecule has 2 aliphatic rings. The van der Waals surface area contributed by atoms with Crippen LogP contribution in [0.25, 0.3) is 0 Å². The minimum Gasteiger partial charge on any atom is -0.481 e. The number of hydrogen-bond donors (Lipinski definition) is 2. The first kappa shape index (κ1) is 11.7. The second-order valence-corrected chi connectivity index (χ2v) is 5.33. The maximum absolute atomic E-state index is 10.8. The number of rotatable bonds is 3. The van der Waals surface area contributed by atoms with Gasteiger partial charge in [-0.3, -0.25) is 9.89 Å². The SMILES string of the molecule is O=C(O)CC1CCc2c(C3CCOC3)n[nH]c2C1. The predicted octanol–water partition coefficient (Wildman–Crippen LogP) is 1.49. The van der Waals surface area contributed by atoms with Gasteiger partial charge in [-0.05, 0) is 37.2 Å². The van der Waals surface area contributed by atoms with Gasteiger partial charge >= 0.3 is 5.97 Å². The number of aliphatic carboxylic acids is 1. The van der Waals surface area contributed by atoms with E-state index in [9.17, 15) is 4.79 Å². The van der Waals surface area contributed by atoms with Gasteiger partial charge in [-0.2, -0.15) is 5.10 Å². The zero-order valence-electron chi connectivity index (χ0n) is 10.3. The Kier molecular flexibility index (Phi) is 3.07. The Morgan fingerprint density at radius 2 is 2.39 bits per heavy atom. The summed E-state index contributed by atoms with van der Waals surface area (Å²) in [5.74, 6) is -0.0171. The van der Waals surface area contributed by atoms with Gasteiger partial charge in [-0.1, -0.05) is 0 Å². The Morgan fingerprint density at radius 1 is 1.50 bits per heavy atom. The van der Waals surface area contributed by atoms with E-state index in [0.717, 1.165) is 50.3 Å². The van der Waals surface area contributed by atoms with Crippen molar-refractivity contribution in [3.63, 3.8) is 0 Å². The maximum atomic E-state index is 10.8. The number of nitrogens with one attached hydrogen (secondary N) is 1. The highest BCUT2D eigenvalue weighted by atomic mass is 16.5. The van der Waals surface area contributed by atoms with Crippen LogP contribution in [0.1, 0.15) is 42.1 Å². The van der Waals surface area contributed by atoms with Crippen LogP contribution in [0.4, 0.5) is 0 Å².